The van der Waals surface area contributed by atoms with Crippen molar-refractivity contribution in [2.24, 2.45) is 0 Å². The van der Waals surface area contributed by atoms with Crippen molar-refractivity contribution >= 4 is 34.2 Å². The third-order valence-corrected chi connectivity index (χ3v) is 4.05. The Bertz CT molecular complexity index is 1090. The van der Waals surface area contributed by atoms with Crippen LogP contribution in [0.15, 0.2) is 47.0 Å². The zero-order chi connectivity index (χ0) is 17.4. The number of halogens is 1. The van der Waals surface area contributed by atoms with Crippen LogP contribution in [0.25, 0.3) is 22.4 Å². The molecule has 0 atom stereocenters. The summed E-state index contributed by atoms with van der Waals surface area (Å²) in [6, 6.07) is 12.4. The number of carbonyl (C=O) groups excluding carboxylic acids is 1. The molecule has 1 amide bonds. The Morgan fingerprint density at radius 2 is 2.12 bits per heavy atom. The summed E-state index contributed by atoms with van der Waals surface area (Å²) < 4.78 is 5.32. The molecule has 0 radical (unpaired) electrons. The van der Waals surface area contributed by atoms with Gasteiger partial charge in [0.25, 0.3) is 5.91 Å². The predicted molar refractivity (Wildman–Crippen MR) is 93.5 cm³/mol. The number of carbonyl (C=O) groups is 1. The fraction of sp³-hybridized carbons (Fsp3) is 0.0588. The van der Waals surface area contributed by atoms with E-state index < -0.39 is 0 Å². The molecule has 7 nitrogen and oxygen atoms in total. The summed E-state index contributed by atoms with van der Waals surface area (Å²) in [4.78, 5) is 12.4. The maximum Gasteiger partial charge on any atom is 0.277 e. The molecule has 4 rings (SSSR count). The summed E-state index contributed by atoms with van der Waals surface area (Å²) in [5.74, 6) is 0.0557. The fourth-order valence-corrected chi connectivity index (χ4v) is 2.67. The van der Waals surface area contributed by atoms with Crippen molar-refractivity contribution in [2.75, 3.05) is 5.32 Å². The number of nitrogens with zero attached hydrogens (tertiary/aromatic N) is 3. The van der Waals surface area contributed by atoms with Gasteiger partial charge in [-0.1, -0.05) is 34.1 Å². The highest BCUT2D eigenvalue weighted by Gasteiger charge is 2.17. The minimum Gasteiger partial charge on any atom is -0.355 e. The first-order chi connectivity index (χ1) is 12.1. The van der Waals surface area contributed by atoms with Crippen molar-refractivity contribution in [1.82, 2.24) is 20.6 Å². The number of hydrogen-bond acceptors (Lipinski definition) is 5. The van der Waals surface area contributed by atoms with E-state index in [0.29, 0.717) is 27.6 Å². The summed E-state index contributed by atoms with van der Waals surface area (Å²) in [5, 5.41) is 17.8. The molecular formula is C17H12ClN5O2. The Labute approximate surface area is 147 Å². The third-order valence-electron chi connectivity index (χ3n) is 3.81. The Balaban J connectivity index is 1.64. The first kappa shape index (κ1) is 15.3. The van der Waals surface area contributed by atoms with Gasteiger partial charge in [0.15, 0.2) is 11.5 Å². The fourth-order valence-electron chi connectivity index (χ4n) is 2.49. The Kier molecular flexibility index (Phi) is 3.70. The van der Waals surface area contributed by atoms with E-state index in [0.717, 1.165) is 11.1 Å². The third kappa shape index (κ3) is 2.85. The highest BCUT2D eigenvalue weighted by atomic mass is 35.5. The molecule has 0 saturated carbocycles. The van der Waals surface area contributed by atoms with Crippen LogP contribution in [0.4, 0.5) is 5.69 Å². The first-order valence-corrected chi connectivity index (χ1v) is 7.84. The number of rotatable bonds is 3. The number of fused-ring (bicyclic) bond motifs is 1. The summed E-state index contributed by atoms with van der Waals surface area (Å²) in [5.41, 5.74) is 3.81. The van der Waals surface area contributed by atoms with Crippen LogP contribution in [0.5, 0.6) is 0 Å². The van der Waals surface area contributed by atoms with Gasteiger partial charge in [-0.05, 0) is 36.8 Å². The van der Waals surface area contributed by atoms with E-state index in [1.807, 2.05) is 31.2 Å². The van der Waals surface area contributed by atoms with Crippen LogP contribution in [0, 0.1) is 6.92 Å². The molecule has 2 N–H and O–H groups in total. The van der Waals surface area contributed by atoms with E-state index in [2.05, 4.69) is 25.9 Å². The molecule has 0 saturated heterocycles. The molecule has 4 aromatic rings. The molecule has 0 aliphatic rings. The lowest BCUT2D eigenvalue weighted by molar-refractivity contribution is 0.101. The number of H-pyrrole nitrogens is 1. The summed E-state index contributed by atoms with van der Waals surface area (Å²) in [6.45, 7) is 1.88. The summed E-state index contributed by atoms with van der Waals surface area (Å²) in [6.07, 6.45) is 0. The Morgan fingerprint density at radius 3 is 3.00 bits per heavy atom. The van der Waals surface area contributed by atoms with Crippen LogP contribution in [0.3, 0.4) is 0 Å². The van der Waals surface area contributed by atoms with Crippen LogP contribution in [-0.4, -0.2) is 26.5 Å². The van der Waals surface area contributed by atoms with Gasteiger partial charge in [-0.3, -0.25) is 9.89 Å². The van der Waals surface area contributed by atoms with Crippen LogP contribution >= 0.6 is 11.6 Å². The van der Waals surface area contributed by atoms with Crippen molar-refractivity contribution in [3.63, 3.8) is 0 Å². The standard InChI is InChI=1S/C17H12ClN5O2/c1-9-5-6-10(18)7-13(9)19-17(24)14-8-15(25-22-14)11-3-2-4-12-16(11)21-23-20-12/h2-8H,1H3,(H,19,24)(H,20,21,23). The van der Waals surface area contributed by atoms with E-state index >= 15 is 0 Å². The monoisotopic (exact) mass is 353 g/mol. The SMILES string of the molecule is Cc1ccc(Cl)cc1NC(=O)c1cc(-c2cccc3[nH]nnc23)on1. The molecular weight excluding hydrogens is 342 g/mol. The van der Waals surface area contributed by atoms with Crippen LogP contribution in [0.1, 0.15) is 16.1 Å². The van der Waals surface area contributed by atoms with Gasteiger partial charge in [0.2, 0.25) is 0 Å². The topological polar surface area (TPSA) is 96.7 Å². The van der Waals surface area contributed by atoms with Crippen molar-refractivity contribution in [3.05, 3.63) is 58.7 Å². The number of benzene rings is 2. The number of anilines is 1. The van der Waals surface area contributed by atoms with Crippen molar-refractivity contribution in [3.8, 4) is 11.3 Å². The number of hydrogen-bond donors (Lipinski definition) is 2. The highest BCUT2D eigenvalue weighted by molar-refractivity contribution is 6.31. The zero-order valence-corrected chi connectivity index (χ0v) is 13.8. The molecule has 0 aliphatic carbocycles. The number of amides is 1. The first-order valence-electron chi connectivity index (χ1n) is 7.46. The van der Waals surface area contributed by atoms with E-state index in [4.69, 9.17) is 16.1 Å². The van der Waals surface area contributed by atoms with Crippen molar-refractivity contribution in [1.29, 1.82) is 0 Å². The van der Waals surface area contributed by atoms with Crippen LogP contribution in [0.2, 0.25) is 5.02 Å². The number of aryl methyl sites for hydroxylation is 1. The molecule has 0 fully saturated rings. The molecule has 2 aromatic heterocycles. The van der Waals surface area contributed by atoms with Gasteiger partial charge in [0, 0.05) is 22.3 Å². The lowest BCUT2D eigenvalue weighted by Gasteiger charge is -2.06. The van der Waals surface area contributed by atoms with Gasteiger partial charge in [-0.15, -0.1) is 5.10 Å². The normalized spacial score (nSPS) is 11.0. The Hall–Kier alpha value is -3.19. The number of aromatic amines is 1. The van der Waals surface area contributed by atoms with Gasteiger partial charge >= 0.3 is 0 Å². The minimum atomic E-state index is -0.382. The van der Waals surface area contributed by atoms with E-state index in [1.54, 1.807) is 18.2 Å². The molecule has 124 valence electrons. The second-order valence-electron chi connectivity index (χ2n) is 5.50. The van der Waals surface area contributed by atoms with Gasteiger partial charge < -0.3 is 9.84 Å². The summed E-state index contributed by atoms with van der Waals surface area (Å²) in [7, 11) is 0. The molecule has 0 aliphatic heterocycles. The van der Waals surface area contributed by atoms with Crippen LogP contribution in [-0.2, 0) is 0 Å². The van der Waals surface area contributed by atoms with E-state index in [1.165, 1.54) is 0 Å². The Morgan fingerprint density at radius 1 is 1.24 bits per heavy atom. The van der Waals surface area contributed by atoms with E-state index in [-0.39, 0.29) is 11.6 Å². The number of aromatic nitrogens is 4. The molecule has 0 bridgehead atoms. The van der Waals surface area contributed by atoms with Crippen molar-refractivity contribution in [2.45, 2.75) is 6.92 Å². The average molecular weight is 354 g/mol. The zero-order valence-electron chi connectivity index (χ0n) is 13.1. The number of nitrogens with one attached hydrogen (secondary N) is 2. The van der Waals surface area contributed by atoms with Crippen molar-refractivity contribution < 1.29 is 9.32 Å². The van der Waals surface area contributed by atoms with Gasteiger partial charge in [0.1, 0.15) is 5.52 Å². The lowest BCUT2D eigenvalue weighted by Crippen LogP contribution is -2.13. The molecule has 8 heteroatoms. The van der Waals surface area contributed by atoms with E-state index in [9.17, 15) is 4.79 Å². The predicted octanol–water partition coefficient (Wildman–Crippen LogP) is 3.83. The molecule has 0 spiro atoms. The molecule has 0 unspecified atom stereocenters. The van der Waals surface area contributed by atoms with Gasteiger partial charge in [-0.25, -0.2) is 0 Å². The average Bonchev–Trinajstić information content (AvgIpc) is 3.26. The quantitative estimate of drug-likeness (QED) is 0.583. The maximum absolute atomic E-state index is 12.4. The highest BCUT2D eigenvalue weighted by Crippen LogP contribution is 2.27. The molecule has 2 heterocycles. The molecule has 25 heavy (non-hydrogen) atoms. The maximum atomic E-state index is 12.4. The second kappa shape index (κ2) is 6.03. The van der Waals surface area contributed by atoms with Crippen LogP contribution < -0.4 is 5.32 Å². The van der Waals surface area contributed by atoms with Gasteiger partial charge in [0.05, 0.1) is 5.52 Å². The lowest BCUT2D eigenvalue weighted by atomic mass is 10.1. The second-order valence-corrected chi connectivity index (χ2v) is 5.94. The minimum absolute atomic E-state index is 0.162. The molecule has 2 aromatic carbocycles. The smallest absolute Gasteiger partial charge is 0.277 e. The summed E-state index contributed by atoms with van der Waals surface area (Å²) >= 11 is 5.97. The van der Waals surface area contributed by atoms with Gasteiger partial charge in [-0.2, -0.15) is 0 Å². The largest absolute Gasteiger partial charge is 0.355 e.